The Morgan fingerprint density at radius 1 is 1.29 bits per heavy atom. The first-order valence-electron chi connectivity index (χ1n) is 7.77. The molecule has 9 nitrogen and oxygen atoms in total. The van der Waals surface area contributed by atoms with E-state index in [2.05, 4.69) is 25.6 Å². The van der Waals surface area contributed by atoms with E-state index in [9.17, 15) is 15.0 Å². The molecule has 3 heterocycles. The first-order valence-corrected chi connectivity index (χ1v) is 8.71. The molecule has 2 unspecified atom stereocenters. The molecule has 10 heteroatoms. The van der Waals surface area contributed by atoms with E-state index < -0.39 is 22.8 Å². The second-order valence-electron chi connectivity index (χ2n) is 6.01. The number of aromatic nitrogens is 4. The quantitative estimate of drug-likeness (QED) is 0.581. The Hall–Kier alpha value is -1.91. The fourth-order valence-corrected chi connectivity index (χ4v) is 4.28. The monoisotopic (exact) mass is 350 g/mol. The van der Waals surface area contributed by atoms with Crippen LogP contribution in [0.4, 0.5) is 5.82 Å². The van der Waals surface area contributed by atoms with Gasteiger partial charge in [-0.3, -0.25) is 9.36 Å². The van der Waals surface area contributed by atoms with Crippen LogP contribution in [0.15, 0.2) is 12.7 Å². The fourth-order valence-electron chi connectivity index (χ4n) is 2.81. The van der Waals surface area contributed by atoms with Crippen molar-refractivity contribution >= 4 is 34.7 Å². The minimum absolute atomic E-state index is 0.316. The van der Waals surface area contributed by atoms with Gasteiger partial charge in [0.05, 0.1) is 6.33 Å². The van der Waals surface area contributed by atoms with Gasteiger partial charge in [0.2, 0.25) is 5.91 Å². The molecule has 0 aromatic carbocycles. The topological polar surface area (TPSA) is 125 Å². The molecule has 0 radical (unpaired) electrons. The molecule has 4 atom stereocenters. The van der Waals surface area contributed by atoms with E-state index in [0.29, 0.717) is 23.0 Å². The van der Waals surface area contributed by atoms with Crippen LogP contribution in [-0.4, -0.2) is 66.2 Å². The Morgan fingerprint density at radius 2 is 2.08 bits per heavy atom. The van der Waals surface area contributed by atoms with Gasteiger partial charge >= 0.3 is 0 Å². The van der Waals surface area contributed by atoms with Crippen molar-refractivity contribution in [2.45, 2.75) is 41.7 Å². The predicted molar refractivity (Wildman–Crippen MR) is 88.5 cm³/mol. The molecule has 24 heavy (non-hydrogen) atoms. The lowest BCUT2D eigenvalue weighted by atomic mass is 10.1. The van der Waals surface area contributed by atoms with Crippen LogP contribution in [0.1, 0.15) is 18.2 Å². The number of nitrogens with zero attached hydrogens (tertiary/aromatic N) is 4. The van der Waals surface area contributed by atoms with Crippen molar-refractivity contribution in [3.8, 4) is 0 Å². The van der Waals surface area contributed by atoms with Gasteiger partial charge in [0, 0.05) is 13.1 Å². The van der Waals surface area contributed by atoms with Crippen molar-refractivity contribution in [3.05, 3.63) is 12.7 Å². The zero-order chi connectivity index (χ0) is 16.8. The lowest BCUT2D eigenvalue weighted by Crippen LogP contribution is -2.39. The molecule has 0 bridgehead atoms. The SMILES string of the molecule is CNC(=O)[C@H]1S[C@@H](n2cnc3c(NC4CC4)ncnc32)C(O)C1O. The first kappa shape index (κ1) is 15.6. The van der Waals surface area contributed by atoms with E-state index >= 15 is 0 Å². The molecule has 4 rings (SSSR count). The molecule has 0 spiro atoms. The second kappa shape index (κ2) is 5.87. The van der Waals surface area contributed by atoms with Gasteiger partial charge < -0.3 is 20.8 Å². The molecule has 1 amide bonds. The lowest BCUT2D eigenvalue weighted by Gasteiger charge is -2.16. The number of amides is 1. The molecule has 4 N–H and O–H groups in total. The van der Waals surface area contributed by atoms with Gasteiger partial charge in [0.15, 0.2) is 11.5 Å². The van der Waals surface area contributed by atoms with Gasteiger partial charge in [-0.15, -0.1) is 11.8 Å². The van der Waals surface area contributed by atoms with E-state index in [1.807, 2.05) is 0 Å². The Kier molecular flexibility index (Phi) is 3.82. The van der Waals surface area contributed by atoms with Crippen LogP contribution in [0, 0.1) is 0 Å². The summed E-state index contributed by atoms with van der Waals surface area (Å²) in [4.78, 5) is 24.7. The summed E-state index contributed by atoms with van der Waals surface area (Å²) in [5.74, 6) is 0.353. The molecule has 2 aromatic heterocycles. The van der Waals surface area contributed by atoms with Crippen molar-refractivity contribution < 1.29 is 15.0 Å². The number of carbonyl (C=O) groups is 1. The average molecular weight is 350 g/mol. The van der Waals surface area contributed by atoms with Crippen LogP contribution in [0.25, 0.3) is 11.2 Å². The van der Waals surface area contributed by atoms with E-state index in [1.165, 1.54) is 25.1 Å². The second-order valence-corrected chi connectivity index (χ2v) is 7.27. The summed E-state index contributed by atoms with van der Waals surface area (Å²) in [5, 5.41) is 25.1. The van der Waals surface area contributed by atoms with Gasteiger partial charge in [-0.25, -0.2) is 15.0 Å². The van der Waals surface area contributed by atoms with E-state index in [1.54, 1.807) is 10.9 Å². The summed E-state index contributed by atoms with van der Waals surface area (Å²) in [6.07, 6.45) is 3.00. The van der Waals surface area contributed by atoms with Crippen LogP contribution in [0.3, 0.4) is 0 Å². The van der Waals surface area contributed by atoms with Crippen molar-refractivity contribution in [1.82, 2.24) is 24.8 Å². The summed E-state index contributed by atoms with van der Waals surface area (Å²) in [6.45, 7) is 0. The number of anilines is 1. The Bertz CT molecular complexity index is 779. The highest BCUT2D eigenvalue weighted by Crippen LogP contribution is 2.43. The normalized spacial score (nSPS) is 29.8. The largest absolute Gasteiger partial charge is 0.389 e. The molecular formula is C14H18N6O3S. The zero-order valence-electron chi connectivity index (χ0n) is 13.0. The lowest BCUT2D eigenvalue weighted by molar-refractivity contribution is -0.122. The minimum Gasteiger partial charge on any atom is -0.389 e. The van der Waals surface area contributed by atoms with Crippen LogP contribution in [0.2, 0.25) is 0 Å². The highest BCUT2D eigenvalue weighted by atomic mass is 32.2. The number of aliphatic hydroxyl groups is 2. The van der Waals surface area contributed by atoms with Gasteiger partial charge in [0.1, 0.15) is 34.7 Å². The number of aliphatic hydroxyl groups excluding tert-OH is 2. The number of hydrogen-bond donors (Lipinski definition) is 4. The van der Waals surface area contributed by atoms with Gasteiger partial charge in [-0.05, 0) is 12.8 Å². The third-order valence-electron chi connectivity index (χ3n) is 4.29. The Labute approximate surface area is 141 Å². The standard InChI is InChI=1S/C14H18N6O3S/c1-15-13(23)10-8(21)9(22)14(24-10)20-5-18-7-11(19-6-2-3-6)16-4-17-12(7)20/h4-6,8-10,14,21-22H,2-3H2,1H3,(H,15,23)(H,16,17,19)/t8?,9?,10-,14+/m0/s1. The minimum atomic E-state index is -1.15. The summed E-state index contributed by atoms with van der Waals surface area (Å²) in [5.41, 5.74) is 1.18. The summed E-state index contributed by atoms with van der Waals surface area (Å²) < 4.78 is 1.69. The van der Waals surface area contributed by atoms with E-state index in [-0.39, 0.29) is 5.91 Å². The summed E-state index contributed by atoms with van der Waals surface area (Å²) >= 11 is 1.19. The Balaban J connectivity index is 1.68. The van der Waals surface area contributed by atoms with Crippen molar-refractivity contribution in [1.29, 1.82) is 0 Å². The maximum atomic E-state index is 11.9. The molecule has 1 saturated carbocycles. The molecular weight excluding hydrogens is 332 g/mol. The molecule has 1 aliphatic carbocycles. The van der Waals surface area contributed by atoms with Crippen LogP contribution >= 0.6 is 11.8 Å². The van der Waals surface area contributed by atoms with Crippen LogP contribution in [-0.2, 0) is 4.79 Å². The number of hydrogen-bond acceptors (Lipinski definition) is 8. The van der Waals surface area contributed by atoms with Crippen molar-refractivity contribution in [2.75, 3.05) is 12.4 Å². The number of nitrogens with one attached hydrogen (secondary N) is 2. The van der Waals surface area contributed by atoms with Gasteiger partial charge in [-0.2, -0.15) is 0 Å². The highest BCUT2D eigenvalue weighted by Gasteiger charge is 2.47. The number of rotatable bonds is 4. The number of fused-ring (bicyclic) bond motifs is 1. The van der Waals surface area contributed by atoms with Crippen LogP contribution < -0.4 is 10.6 Å². The number of thioether (sulfide) groups is 1. The number of imidazole rings is 1. The summed E-state index contributed by atoms with van der Waals surface area (Å²) in [6, 6.07) is 0.430. The van der Waals surface area contributed by atoms with Crippen molar-refractivity contribution in [2.24, 2.45) is 0 Å². The van der Waals surface area contributed by atoms with Crippen molar-refractivity contribution in [3.63, 3.8) is 0 Å². The average Bonchev–Trinajstić information content (AvgIpc) is 3.23. The van der Waals surface area contributed by atoms with Gasteiger partial charge in [0.25, 0.3) is 0 Å². The number of carbonyl (C=O) groups excluding carboxylic acids is 1. The molecule has 1 saturated heterocycles. The summed E-state index contributed by atoms with van der Waals surface area (Å²) in [7, 11) is 1.50. The maximum absolute atomic E-state index is 11.9. The third kappa shape index (κ3) is 2.50. The molecule has 128 valence electrons. The maximum Gasteiger partial charge on any atom is 0.235 e. The fraction of sp³-hybridized carbons (Fsp3) is 0.571. The van der Waals surface area contributed by atoms with E-state index in [0.717, 1.165) is 12.8 Å². The smallest absolute Gasteiger partial charge is 0.235 e. The molecule has 2 fully saturated rings. The zero-order valence-corrected chi connectivity index (χ0v) is 13.8. The van der Waals surface area contributed by atoms with Crippen LogP contribution in [0.5, 0.6) is 0 Å². The molecule has 1 aliphatic heterocycles. The predicted octanol–water partition coefficient (Wildman–Crippen LogP) is -0.518. The molecule has 2 aliphatic rings. The van der Waals surface area contributed by atoms with Gasteiger partial charge in [-0.1, -0.05) is 0 Å². The first-order chi connectivity index (χ1) is 11.6. The molecule has 2 aromatic rings. The highest BCUT2D eigenvalue weighted by molar-refractivity contribution is 8.01. The van der Waals surface area contributed by atoms with E-state index in [4.69, 9.17) is 0 Å². The Morgan fingerprint density at radius 3 is 2.79 bits per heavy atom. The third-order valence-corrected chi connectivity index (χ3v) is 5.87.